The summed E-state index contributed by atoms with van der Waals surface area (Å²) in [6.07, 6.45) is 1.68. The molecule has 7 heteroatoms. The molecule has 0 aliphatic heterocycles. The lowest BCUT2D eigenvalue weighted by Gasteiger charge is -2.38. The molecule has 0 spiro atoms. The fraction of sp³-hybridized carbons (Fsp3) is 0.333. The van der Waals surface area contributed by atoms with Gasteiger partial charge in [0.25, 0.3) is 5.91 Å². The average Bonchev–Trinajstić information content (AvgIpc) is 2.27. The van der Waals surface area contributed by atoms with E-state index in [2.05, 4.69) is 5.32 Å². The van der Waals surface area contributed by atoms with Gasteiger partial charge in [0.15, 0.2) is 0 Å². The van der Waals surface area contributed by atoms with Gasteiger partial charge < -0.3 is 10.4 Å². The number of aliphatic carboxylic acids is 1. The Hall–Kier alpha value is -0.530. The molecule has 102 valence electrons. The monoisotopic (exact) mass is 413 g/mol. The van der Waals surface area contributed by atoms with Crippen molar-refractivity contribution in [2.75, 3.05) is 0 Å². The molecule has 0 aromatic heterocycles. The minimum atomic E-state index is -1.14. The van der Waals surface area contributed by atoms with Crippen LogP contribution in [0, 0.1) is 3.57 Å². The highest BCUT2D eigenvalue weighted by Gasteiger charge is 2.46. The molecule has 0 saturated heterocycles. The van der Waals surface area contributed by atoms with Gasteiger partial charge in [-0.2, -0.15) is 0 Å². The molecule has 0 unspecified atom stereocenters. The summed E-state index contributed by atoms with van der Waals surface area (Å²) in [4.78, 5) is 23.4. The predicted octanol–water partition coefficient (Wildman–Crippen LogP) is 3.34. The van der Waals surface area contributed by atoms with Crippen LogP contribution in [0.2, 0.25) is 10.0 Å². The van der Waals surface area contributed by atoms with Crippen molar-refractivity contribution >= 4 is 57.7 Å². The lowest BCUT2D eigenvalue weighted by atomic mass is 9.76. The maximum Gasteiger partial charge on any atom is 0.329 e. The lowest BCUT2D eigenvalue weighted by molar-refractivity contribution is -0.148. The Bertz CT molecular complexity index is 558. The second-order valence-corrected chi connectivity index (χ2v) is 6.37. The van der Waals surface area contributed by atoms with Gasteiger partial charge in [-0.1, -0.05) is 23.2 Å². The number of rotatable bonds is 3. The SMILES string of the molecule is O=C(NC1(C(=O)O)CCC1)c1cc(Cl)cc(Cl)c1I. The van der Waals surface area contributed by atoms with Crippen LogP contribution in [0.1, 0.15) is 29.6 Å². The second kappa shape index (κ2) is 5.46. The van der Waals surface area contributed by atoms with Crippen LogP contribution in [0.5, 0.6) is 0 Å². The van der Waals surface area contributed by atoms with Crippen LogP contribution in [0.15, 0.2) is 12.1 Å². The van der Waals surface area contributed by atoms with E-state index in [0.717, 1.165) is 6.42 Å². The molecule has 1 aromatic rings. The average molecular weight is 414 g/mol. The van der Waals surface area contributed by atoms with Crippen molar-refractivity contribution in [2.45, 2.75) is 24.8 Å². The smallest absolute Gasteiger partial charge is 0.329 e. The fourth-order valence-corrected chi connectivity index (χ4v) is 2.98. The van der Waals surface area contributed by atoms with Crippen LogP contribution in [0.4, 0.5) is 0 Å². The topological polar surface area (TPSA) is 66.4 Å². The number of benzene rings is 1. The summed E-state index contributed by atoms with van der Waals surface area (Å²) in [7, 11) is 0. The zero-order valence-corrected chi connectivity index (χ0v) is 13.3. The Morgan fingerprint density at radius 1 is 1.32 bits per heavy atom. The van der Waals surface area contributed by atoms with Crippen molar-refractivity contribution < 1.29 is 14.7 Å². The molecule has 19 heavy (non-hydrogen) atoms. The molecule has 1 fully saturated rings. The summed E-state index contributed by atoms with van der Waals surface area (Å²) in [5.41, 5.74) is -0.847. The van der Waals surface area contributed by atoms with Gasteiger partial charge in [-0.15, -0.1) is 0 Å². The summed E-state index contributed by atoms with van der Waals surface area (Å²) in [5, 5.41) is 12.5. The Morgan fingerprint density at radius 3 is 2.42 bits per heavy atom. The number of halogens is 3. The summed E-state index contributed by atoms with van der Waals surface area (Å²) in [6.45, 7) is 0. The number of carbonyl (C=O) groups is 2. The van der Waals surface area contributed by atoms with E-state index in [1.165, 1.54) is 12.1 Å². The van der Waals surface area contributed by atoms with Gasteiger partial charge in [0.1, 0.15) is 5.54 Å². The van der Waals surface area contributed by atoms with E-state index < -0.39 is 17.4 Å². The first-order valence-corrected chi connectivity index (χ1v) is 7.40. The number of carbonyl (C=O) groups excluding carboxylic acids is 1. The van der Waals surface area contributed by atoms with E-state index in [4.69, 9.17) is 23.2 Å². The molecule has 2 N–H and O–H groups in total. The minimum absolute atomic E-state index is 0.297. The Kier molecular flexibility index (Phi) is 4.27. The van der Waals surface area contributed by atoms with Gasteiger partial charge >= 0.3 is 5.97 Å². The molecular formula is C12H10Cl2INO3. The van der Waals surface area contributed by atoms with Crippen molar-refractivity contribution in [1.29, 1.82) is 0 Å². The number of nitrogens with one attached hydrogen (secondary N) is 1. The molecule has 1 aliphatic carbocycles. The zero-order valence-electron chi connectivity index (χ0n) is 9.67. The number of carboxylic acid groups (broad SMARTS) is 1. The van der Waals surface area contributed by atoms with Crippen molar-refractivity contribution in [2.24, 2.45) is 0 Å². The third kappa shape index (κ3) is 2.83. The van der Waals surface area contributed by atoms with Gasteiger partial charge in [0, 0.05) is 8.59 Å². The van der Waals surface area contributed by atoms with Crippen LogP contribution in [-0.4, -0.2) is 22.5 Å². The molecule has 4 nitrogen and oxygen atoms in total. The molecule has 1 aliphatic rings. The van der Waals surface area contributed by atoms with Crippen LogP contribution in [0.3, 0.4) is 0 Å². The number of carboxylic acids is 1. The molecular weight excluding hydrogens is 404 g/mol. The van der Waals surface area contributed by atoms with E-state index in [1.807, 2.05) is 22.6 Å². The summed E-state index contributed by atoms with van der Waals surface area (Å²) in [5.74, 6) is -1.47. The first-order chi connectivity index (χ1) is 8.85. The third-order valence-electron chi connectivity index (χ3n) is 3.21. The predicted molar refractivity (Wildman–Crippen MR) is 80.9 cm³/mol. The van der Waals surface area contributed by atoms with E-state index in [0.29, 0.717) is 32.0 Å². The van der Waals surface area contributed by atoms with E-state index >= 15 is 0 Å². The fourth-order valence-electron chi connectivity index (χ4n) is 1.93. The maximum atomic E-state index is 12.2. The van der Waals surface area contributed by atoms with E-state index in [-0.39, 0.29) is 0 Å². The molecule has 0 heterocycles. The molecule has 1 saturated carbocycles. The van der Waals surface area contributed by atoms with Crippen molar-refractivity contribution in [3.63, 3.8) is 0 Å². The Balaban J connectivity index is 2.28. The van der Waals surface area contributed by atoms with Crippen LogP contribution >= 0.6 is 45.8 Å². The summed E-state index contributed by atoms with van der Waals surface area (Å²) in [6, 6.07) is 3.02. The highest BCUT2D eigenvalue weighted by molar-refractivity contribution is 14.1. The summed E-state index contributed by atoms with van der Waals surface area (Å²) < 4.78 is 0.557. The van der Waals surface area contributed by atoms with Crippen molar-refractivity contribution in [3.05, 3.63) is 31.3 Å². The highest BCUT2D eigenvalue weighted by atomic mass is 127. The molecule has 1 aromatic carbocycles. The molecule has 2 rings (SSSR count). The standard InChI is InChI=1S/C12H10Cl2INO3/c13-6-4-7(9(15)8(14)5-6)10(17)16-12(11(18)19)2-1-3-12/h4-5H,1-3H2,(H,16,17)(H,18,19). The van der Waals surface area contributed by atoms with Crippen molar-refractivity contribution in [1.82, 2.24) is 5.32 Å². The number of hydrogen-bond acceptors (Lipinski definition) is 2. The van der Waals surface area contributed by atoms with Crippen molar-refractivity contribution in [3.8, 4) is 0 Å². The maximum absolute atomic E-state index is 12.2. The van der Waals surface area contributed by atoms with E-state index in [1.54, 1.807) is 0 Å². The quantitative estimate of drug-likeness (QED) is 0.590. The Morgan fingerprint density at radius 2 is 1.95 bits per heavy atom. The van der Waals surface area contributed by atoms with Gasteiger partial charge in [-0.3, -0.25) is 4.79 Å². The molecule has 0 atom stereocenters. The van der Waals surface area contributed by atoms with Gasteiger partial charge in [0.05, 0.1) is 10.6 Å². The Labute approximate surface area is 133 Å². The molecule has 1 amide bonds. The number of amides is 1. The highest BCUT2D eigenvalue weighted by Crippen LogP contribution is 2.33. The molecule has 0 bridgehead atoms. The first kappa shape index (κ1) is 14.9. The van der Waals surface area contributed by atoms with Crippen LogP contribution < -0.4 is 5.32 Å². The second-order valence-electron chi connectivity index (χ2n) is 4.44. The minimum Gasteiger partial charge on any atom is -0.480 e. The normalized spacial score (nSPS) is 16.6. The van der Waals surface area contributed by atoms with Gasteiger partial charge in [-0.05, 0) is 54.0 Å². The largest absolute Gasteiger partial charge is 0.480 e. The lowest BCUT2D eigenvalue weighted by Crippen LogP contribution is -2.59. The summed E-state index contributed by atoms with van der Waals surface area (Å²) >= 11 is 13.8. The molecule has 0 radical (unpaired) electrons. The van der Waals surface area contributed by atoms with E-state index in [9.17, 15) is 14.7 Å². The third-order valence-corrected chi connectivity index (χ3v) is 5.20. The van der Waals surface area contributed by atoms with Crippen LogP contribution in [-0.2, 0) is 4.79 Å². The van der Waals surface area contributed by atoms with Gasteiger partial charge in [-0.25, -0.2) is 4.79 Å². The zero-order chi connectivity index (χ0) is 14.2. The number of hydrogen-bond donors (Lipinski definition) is 2. The van der Waals surface area contributed by atoms with Crippen LogP contribution in [0.25, 0.3) is 0 Å². The first-order valence-electron chi connectivity index (χ1n) is 5.56. The van der Waals surface area contributed by atoms with Gasteiger partial charge in [0.2, 0.25) is 0 Å².